The van der Waals surface area contributed by atoms with E-state index in [2.05, 4.69) is 20.7 Å². The highest BCUT2D eigenvalue weighted by molar-refractivity contribution is 9.10. The zero-order chi connectivity index (χ0) is 12.8. The van der Waals surface area contributed by atoms with E-state index in [-0.39, 0.29) is 11.9 Å². The standard InChI is InChI=1S/C12H15BrO3S/c1-9(12(14)16-2)7-17(15)8-10-5-3-4-6-11(10)13/h3-6,9H,7-8H2,1-2H3. The summed E-state index contributed by atoms with van der Waals surface area (Å²) >= 11 is 3.41. The smallest absolute Gasteiger partial charge is 0.309 e. The van der Waals surface area contributed by atoms with Crippen LogP contribution in [0.1, 0.15) is 12.5 Å². The fourth-order valence-electron chi connectivity index (χ4n) is 1.40. The SMILES string of the molecule is COC(=O)C(C)CS(=O)Cc1ccccc1Br. The molecule has 0 saturated carbocycles. The first-order valence-electron chi connectivity index (χ1n) is 5.20. The Morgan fingerprint density at radius 3 is 2.71 bits per heavy atom. The highest BCUT2D eigenvalue weighted by Crippen LogP contribution is 2.18. The van der Waals surface area contributed by atoms with Gasteiger partial charge in [0.2, 0.25) is 0 Å². The van der Waals surface area contributed by atoms with Gasteiger partial charge in [-0.25, -0.2) is 0 Å². The van der Waals surface area contributed by atoms with Gasteiger partial charge in [-0.1, -0.05) is 41.1 Å². The number of ether oxygens (including phenoxy) is 1. The van der Waals surface area contributed by atoms with E-state index in [1.54, 1.807) is 6.92 Å². The second-order valence-electron chi connectivity index (χ2n) is 3.77. The molecule has 0 heterocycles. The van der Waals surface area contributed by atoms with Crippen molar-refractivity contribution in [2.75, 3.05) is 12.9 Å². The predicted molar refractivity (Wildman–Crippen MR) is 72.0 cm³/mol. The number of esters is 1. The van der Waals surface area contributed by atoms with Crippen LogP contribution in [0.5, 0.6) is 0 Å². The molecule has 0 bridgehead atoms. The van der Waals surface area contributed by atoms with Gasteiger partial charge in [0, 0.05) is 26.8 Å². The molecular weight excluding hydrogens is 304 g/mol. The van der Waals surface area contributed by atoms with Crippen molar-refractivity contribution in [2.24, 2.45) is 5.92 Å². The number of carbonyl (C=O) groups is 1. The molecule has 0 fully saturated rings. The first kappa shape index (κ1) is 14.4. The normalized spacial score (nSPS) is 14.1. The van der Waals surface area contributed by atoms with Crippen LogP contribution in [0, 0.1) is 5.92 Å². The van der Waals surface area contributed by atoms with Crippen LogP contribution in [-0.2, 0) is 26.1 Å². The summed E-state index contributed by atoms with van der Waals surface area (Å²) in [7, 11) is 0.278. The summed E-state index contributed by atoms with van der Waals surface area (Å²) < 4.78 is 17.4. The maximum atomic E-state index is 11.9. The van der Waals surface area contributed by atoms with Crippen molar-refractivity contribution in [3.8, 4) is 0 Å². The van der Waals surface area contributed by atoms with Crippen LogP contribution in [0.15, 0.2) is 28.7 Å². The molecule has 0 amide bonds. The lowest BCUT2D eigenvalue weighted by molar-refractivity contribution is -0.144. The quantitative estimate of drug-likeness (QED) is 0.783. The minimum Gasteiger partial charge on any atom is -0.469 e. The molecule has 94 valence electrons. The molecule has 0 aliphatic rings. The molecule has 0 aromatic heterocycles. The molecular formula is C12H15BrO3S. The molecule has 0 radical (unpaired) electrons. The molecule has 0 aliphatic heterocycles. The molecule has 1 rings (SSSR count). The Bertz CT molecular complexity index is 420. The summed E-state index contributed by atoms with van der Waals surface area (Å²) in [4.78, 5) is 11.2. The van der Waals surface area contributed by atoms with E-state index in [1.807, 2.05) is 24.3 Å². The zero-order valence-electron chi connectivity index (χ0n) is 9.81. The number of rotatable bonds is 5. The van der Waals surface area contributed by atoms with E-state index in [4.69, 9.17) is 0 Å². The summed E-state index contributed by atoms with van der Waals surface area (Å²) in [5.41, 5.74) is 0.989. The van der Waals surface area contributed by atoms with Crippen LogP contribution >= 0.6 is 15.9 Å². The molecule has 5 heteroatoms. The number of methoxy groups -OCH3 is 1. The first-order chi connectivity index (χ1) is 8.04. The van der Waals surface area contributed by atoms with E-state index in [0.717, 1.165) is 10.0 Å². The number of hydrogen-bond acceptors (Lipinski definition) is 3. The summed E-state index contributed by atoms with van der Waals surface area (Å²) in [6.45, 7) is 1.73. The summed E-state index contributed by atoms with van der Waals surface area (Å²) in [6.07, 6.45) is 0. The fraction of sp³-hybridized carbons (Fsp3) is 0.417. The maximum Gasteiger partial charge on any atom is 0.309 e. The molecule has 0 saturated heterocycles. The lowest BCUT2D eigenvalue weighted by Gasteiger charge is -2.09. The third kappa shape index (κ3) is 4.60. The largest absolute Gasteiger partial charge is 0.469 e. The van der Waals surface area contributed by atoms with E-state index in [9.17, 15) is 9.00 Å². The Morgan fingerprint density at radius 1 is 1.47 bits per heavy atom. The maximum absolute atomic E-state index is 11.9. The van der Waals surface area contributed by atoms with Gasteiger partial charge in [0.05, 0.1) is 13.0 Å². The number of carbonyl (C=O) groups excluding carboxylic acids is 1. The highest BCUT2D eigenvalue weighted by atomic mass is 79.9. The monoisotopic (exact) mass is 318 g/mol. The van der Waals surface area contributed by atoms with Crippen molar-refractivity contribution >= 4 is 32.7 Å². The molecule has 2 atom stereocenters. The van der Waals surface area contributed by atoms with E-state index < -0.39 is 10.8 Å². The van der Waals surface area contributed by atoms with Crippen molar-refractivity contribution in [3.05, 3.63) is 34.3 Å². The van der Waals surface area contributed by atoms with Crippen molar-refractivity contribution in [1.29, 1.82) is 0 Å². The number of benzene rings is 1. The van der Waals surface area contributed by atoms with Crippen LogP contribution in [0.3, 0.4) is 0 Å². The van der Waals surface area contributed by atoms with Gasteiger partial charge in [0.1, 0.15) is 0 Å². The van der Waals surface area contributed by atoms with Gasteiger partial charge < -0.3 is 4.74 Å². The van der Waals surface area contributed by atoms with Crippen LogP contribution in [0.4, 0.5) is 0 Å². The zero-order valence-corrected chi connectivity index (χ0v) is 12.2. The Kier molecular flexibility index (Phi) is 5.85. The minimum atomic E-state index is -1.06. The van der Waals surface area contributed by atoms with Crippen LogP contribution < -0.4 is 0 Å². The van der Waals surface area contributed by atoms with E-state index >= 15 is 0 Å². The van der Waals surface area contributed by atoms with Crippen LogP contribution in [0.25, 0.3) is 0 Å². The van der Waals surface area contributed by atoms with Gasteiger partial charge in [-0.15, -0.1) is 0 Å². The fourth-order valence-corrected chi connectivity index (χ4v) is 3.42. The second-order valence-corrected chi connectivity index (χ2v) is 6.12. The first-order valence-corrected chi connectivity index (χ1v) is 7.49. The van der Waals surface area contributed by atoms with Crippen molar-refractivity contribution in [3.63, 3.8) is 0 Å². The van der Waals surface area contributed by atoms with Gasteiger partial charge in [-0.2, -0.15) is 0 Å². The van der Waals surface area contributed by atoms with Crippen molar-refractivity contribution in [1.82, 2.24) is 0 Å². The topological polar surface area (TPSA) is 43.4 Å². The van der Waals surface area contributed by atoms with Crippen molar-refractivity contribution < 1.29 is 13.7 Å². The Morgan fingerprint density at radius 2 is 2.12 bits per heavy atom. The Hall–Kier alpha value is -0.680. The average molecular weight is 319 g/mol. The van der Waals surface area contributed by atoms with Gasteiger partial charge >= 0.3 is 5.97 Å². The third-order valence-electron chi connectivity index (χ3n) is 2.31. The van der Waals surface area contributed by atoms with Crippen LogP contribution in [-0.4, -0.2) is 23.0 Å². The summed E-state index contributed by atoms with van der Waals surface area (Å²) in [5.74, 6) is 0.130. The molecule has 2 unspecified atom stereocenters. The van der Waals surface area contributed by atoms with Gasteiger partial charge in [-0.05, 0) is 11.6 Å². The third-order valence-corrected chi connectivity index (χ3v) is 4.59. The average Bonchev–Trinajstić information content (AvgIpc) is 2.31. The highest BCUT2D eigenvalue weighted by Gasteiger charge is 2.17. The molecule has 0 aliphatic carbocycles. The van der Waals surface area contributed by atoms with Crippen LogP contribution in [0.2, 0.25) is 0 Å². The van der Waals surface area contributed by atoms with E-state index in [1.165, 1.54) is 7.11 Å². The lowest BCUT2D eigenvalue weighted by atomic mass is 10.2. The van der Waals surface area contributed by atoms with Crippen molar-refractivity contribution in [2.45, 2.75) is 12.7 Å². The summed E-state index contributed by atoms with van der Waals surface area (Å²) in [6, 6.07) is 7.65. The van der Waals surface area contributed by atoms with Gasteiger partial charge in [-0.3, -0.25) is 9.00 Å². The van der Waals surface area contributed by atoms with E-state index in [0.29, 0.717) is 11.5 Å². The minimum absolute atomic E-state index is 0.314. The number of halogens is 1. The molecule has 0 N–H and O–H groups in total. The van der Waals surface area contributed by atoms with Gasteiger partial charge in [0.15, 0.2) is 0 Å². The molecule has 17 heavy (non-hydrogen) atoms. The molecule has 1 aromatic carbocycles. The molecule has 3 nitrogen and oxygen atoms in total. The Labute approximate surface area is 112 Å². The molecule has 0 spiro atoms. The second kappa shape index (κ2) is 6.91. The molecule has 1 aromatic rings. The Balaban J connectivity index is 2.56. The summed E-state index contributed by atoms with van der Waals surface area (Å²) in [5, 5.41) is 0. The lowest BCUT2D eigenvalue weighted by Crippen LogP contribution is -2.20. The number of hydrogen-bond donors (Lipinski definition) is 0. The van der Waals surface area contributed by atoms with Gasteiger partial charge in [0.25, 0.3) is 0 Å². The predicted octanol–water partition coefficient (Wildman–Crippen LogP) is 2.51.